The van der Waals surface area contributed by atoms with Crippen molar-refractivity contribution in [2.75, 3.05) is 11.9 Å². The number of H-pyrrole nitrogens is 1. The molecule has 136 valence electrons. The van der Waals surface area contributed by atoms with Crippen LogP contribution in [0, 0.1) is 5.92 Å². The maximum atomic E-state index is 12.5. The van der Waals surface area contributed by atoms with Gasteiger partial charge in [-0.1, -0.05) is 30.4 Å². The molecule has 1 unspecified atom stereocenters. The third kappa shape index (κ3) is 3.41. The zero-order valence-corrected chi connectivity index (χ0v) is 14.4. The van der Waals surface area contributed by atoms with E-state index in [1.54, 1.807) is 24.3 Å². The quantitative estimate of drug-likeness (QED) is 0.850. The molecule has 2 heterocycles. The topological polar surface area (TPSA) is 108 Å². The second kappa shape index (κ2) is 6.99. The van der Waals surface area contributed by atoms with Crippen LogP contribution < -0.4 is 5.32 Å². The van der Waals surface area contributed by atoms with Crippen molar-refractivity contribution in [3.05, 3.63) is 48.6 Å². The van der Waals surface area contributed by atoms with Crippen LogP contribution in [-0.4, -0.2) is 45.0 Å². The van der Waals surface area contributed by atoms with Gasteiger partial charge < -0.3 is 4.98 Å². The number of benzene rings is 1. The first-order chi connectivity index (χ1) is 13.1. The highest BCUT2D eigenvalue weighted by Crippen LogP contribution is 2.20. The van der Waals surface area contributed by atoms with Gasteiger partial charge in [0.2, 0.25) is 17.8 Å². The molecule has 4 amide bonds. The first-order valence-electron chi connectivity index (χ1n) is 8.65. The molecular formula is C19H17N5O3. The van der Waals surface area contributed by atoms with Gasteiger partial charge in [0.15, 0.2) is 0 Å². The fraction of sp³-hybridized carbons (Fsp3) is 0.211. The Morgan fingerprint density at radius 3 is 2.93 bits per heavy atom. The van der Waals surface area contributed by atoms with E-state index in [0.717, 1.165) is 15.9 Å². The SMILES string of the molecule is O=C(CCCN1C(=O)N=C2C=CC=CC2C1=O)Nc1nc2ccccc2[nH]1. The third-order valence-electron chi connectivity index (χ3n) is 4.42. The summed E-state index contributed by atoms with van der Waals surface area (Å²) in [6.07, 6.45) is 7.39. The lowest BCUT2D eigenvalue weighted by Crippen LogP contribution is -2.46. The largest absolute Gasteiger partial charge is 0.350 e. The van der Waals surface area contributed by atoms with E-state index in [0.29, 0.717) is 18.1 Å². The summed E-state index contributed by atoms with van der Waals surface area (Å²) in [5, 5.41) is 2.69. The Morgan fingerprint density at radius 1 is 1.22 bits per heavy atom. The number of allylic oxidation sites excluding steroid dienone is 3. The number of nitrogens with one attached hydrogen (secondary N) is 2. The highest BCUT2D eigenvalue weighted by atomic mass is 16.2. The Labute approximate surface area is 154 Å². The summed E-state index contributed by atoms with van der Waals surface area (Å²) in [4.78, 5) is 49.0. The number of urea groups is 1. The number of rotatable bonds is 5. The van der Waals surface area contributed by atoms with Crippen molar-refractivity contribution in [3.8, 4) is 0 Å². The molecule has 2 N–H and O–H groups in total. The molecule has 0 radical (unpaired) electrons. The molecule has 27 heavy (non-hydrogen) atoms. The minimum Gasteiger partial charge on any atom is -0.324 e. The molecule has 4 rings (SSSR count). The van der Waals surface area contributed by atoms with Crippen LogP contribution in [0.3, 0.4) is 0 Å². The van der Waals surface area contributed by atoms with Gasteiger partial charge in [-0.05, 0) is 24.6 Å². The van der Waals surface area contributed by atoms with Crippen LogP contribution >= 0.6 is 0 Å². The Kier molecular flexibility index (Phi) is 4.37. The van der Waals surface area contributed by atoms with Crippen molar-refractivity contribution in [1.29, 1.82) is 0 Å². The summed E-state index contributed by atoms with van der Waals surface area (Å²) in [6.45, 7) is 0.149. The second-order valence-corrected chi connectivity index (χ2v) is 6.29. The molecular weight excluding hydrogens is 346 g/mol. The number of amides is 4. The zero-order valence-electron chi connectivity index (χ0n) is 14.4. The van der Waals surface area contributed by atoms with Crippen molar-refractivity contribution < 1.29 is 14.4 Å². The normalized spacial score (nSPS) is 18.6. The molecule has 0 fully saturated rings. The molecule has 0 saturated heterocycles. The van der Waals surface area contributed by atoms with Gasteiger partial charge in [-0.3, -0.25) is 19.8 Å². The van der Waals surface area contributed by atoms with E-state index in [9.17, 15) is 14.4 Å². The lowest BCUT2D eigenvalue weighted by atomic mass is 9.95. The fourth-order valence-corrected chi connectivity index (χ4v) is 3.09. The summed E-state index contributed by atoms with van der Waals surface area (Å²) in [6, 6.07) is 6.88. The van der Waals surface area contributed by atoms with Crippen molar-refractivity contribution in [1.82, 2.24) is 14.9 Å². The number of para-hydroxylation sites is 2. The van der Waals surface area contributed by atoms with Crippen LogP contribution in [0.2, 0.25) is 0 Å². The maximum Gasteiger partial charge on any atom is 0.350 e. The number of nitrogens with zero attached hydrogens (tertiary/aromatic N) is 3. The summed E-state index contributed by atoms with van der Waals surface area (Å²) >= 11 is 0. The molecule has 1 aliphatic carbocycles. The molecule has 1 atom stereocenters. The fourth-order valence-electron chi connectivity index (χ4n) is 3.09. The van der Waals surface area contributed by atoms with Gasteiger partial charge in [-0.25, -0.2) is 9.78 Å². The van der Waals surface area contributed by atoms with Crippen LogP contribution in [0.1, 0.15) is 12.8 Å². The van der Waals surface area contributed by atoms with Crippen molar-refractivity contribution >= 4 is 40.5 Å². The lowest BCUT2D eigenvalue weighted by molar-refractivity contribution is -0.129. The Hall–Kier alpha value is -3.55. The Bertz CT molecular complexity index is 984. The van der Waals surface area contributed by atoms with E-state index < -0.39 is 11.9 Å². The van der Waals surface area contributed by atoms with Gasteiger partial charge in [0.1, 0.15) is 0 Å². The minimum atomic E-state index is -0.580. The van der Waals surface area contributed by atoms with E-state index in [1.165, 1.54) is 0 Å². The molecule has 1 aromatic carbocycles. The highest BCUT2D eigenvalue weighted by molar-refractivity contribution is 6.21. The van der Waals surface area contributed by atoms with Crippen molar-refractivity contribution in [3.63, 3.8) is 0 Å². The summed E-state index contributed by atoms with van der Waals surface area (Å²) in [5.41, 5.74) is 2.06. The van der Waals surface area contributed by atoms with Gasteiger partial charge >= 0.3 is 6.03 Å². The van der Waals surface area contributed by atoms with Gasteiger partial charge in [0, 0.05) is 13.0 Å². The number of aromatic amines is 1. The highest BCUT2D eigenvalue weighted by Gasteiger charge is 2.35. The predicted octanol–water partition coefficient (Wildman–Crippen LogP) is 2.43. The number of hydrogen-bond acceptors (Lipinski definition) is 4. The van der Waals surface area contributed by atoms with Crippen LogP contribution in [0.25, 0.3) is 11.0 Å². The molecule has 1 aromatic heterocycles. The lowest BCUT2D eigenvalue weighted by Gasteiger charge is -2.28. The number of aliphatic imine (C=N–C) groups is 1. The molecule has 0 saturated carbocycles. The number of fused-ring (bicyclic) bond motifs is 2. The van der Waals surface area contributed by atoms with Crippen LogP contribution in [0.5, 0.6) is 0 Å². The number of hydrogen-bond donors (Lipinski definition) is 2. The smallest absolute Gasteiger partial charge is 0.324 e. The van der Waals surface area contributed by atoms with Gasteiger partial charge in [-0.2, -0.15) is 4.99 Å². The van der Waals surface area contributed by atoms with Gasteiger partial charge in [0.05, 0.1) is 22.7 Å². The standard InChI is InChI=1S/C19H17N5O3/c25-16(23-18-20-14-8-3-4-9-15(14)21-18)10-5-11-24-17(26)12-6-1-2-7-13(12)22-19(24)27/h1-4,6-9,12H,5,10-11H2,(H2,20,21,23,25). The molecule has 2 aromatic rings. The van der Waals surface area contributed by atoms with Crippen molar-refractivity contribution in [2.45, 2.75) is 12.8 Å². The monoisotopic (exact) mass is 363 g/mol. The van der Waals surface area contributed by atoms with Crippen LogP contribution in [-0.2, 0) is 9.59 Å². The maximum absolute atomic E-state index is 12.5. The van der Waals surface area contributed by atoms with E-state index in [1.807, 2.05) is 24.3 Å². The molecule has 8 heteroatoms. The first kappa shape index (κ1) is 16.9. The van der Waals surface area contributed by atoms with Gasteiger partial charge in [-0.15, -0.1) is 0 Å². The first-order valence-corrected chi connectivity index (χ1v) is 8.65. The molecule has 0 spiro atoms. The Morgan fingerprint density at radius 2 is 2.07 bits per heavy atom. The predicted molar refractivity (Wildman–Crippen MR) is 100 cm³/mol. The van der Waals surface area contributed by atoms with Crippen molar-refractivity contribution in [2.24, 2.45) is 10.9 Å². The number of aromatic nitrogens is 2. The average Bonchev–Trinajstić information content (AvgIpc) is 3.06. The van der Waals surface area contributed by atoms with Crippen LogP contribution in [0.15, 0.2) is 53.6 Å². The summed E-state index contributed by atoms with van der Waals surface area (Å²) in [7, 11) is 0. The van der Waals surface area contributed by atoms with Gasteiger partial charge in [0.25, 0.3) is 0 Å². The van der Waals surface area contributed by atoms with E-state index in [-0.39, 0.29) is 24.8 Å². The zero-order chi connectivity index (χ0) is 18.8. The molecule has 1 aliphatic heterocycles. The summed E-state index contributed by atoms with van der Waals surface area (Å²) in [5.74, 6) is -0.685. The van der Waals surface area contributed by atoms with Crippen LogP contribution in [0.4, 0.5) is 10.7 Å². The molecule has 2 aliphatic rings. The van der Waals surface area contributed by atoms with E-state index >= 15 is 0 Å². The summed E-state index contributed by atoms with van der Waals surface area (Å²) < 4.78 is 0. The number of carbonyl (C=O) groups excluding carboxylic acids is 3. The second-order valence-electron chi connectivity index (χ2n) is 6.29. The molecule has 0 bridgehead atoms. The Balaban J connectivity index is 1.32. The third-order valence-corrected chi connectivity index (χ3v) is 4.42. The number of anilines is 1. The van der Waals surface area contributed by atoms with E-state index in [4.69, 9.17) is 0 Å². The van der Waals surface area contributed by atoms with E-state index in [2.05, 4.69) is 20.3 Å². The minimum absolute atomic E-state index is 0.149. The number of carbonyl (C=O) groups is 3. The molecule has 8 nitrogen and oxygen atoms in total. The average molecular weight is 363 g/mol. The number of imide groups is 1. The number of imidazole rings is 1.